The quantitative estimate of drug-likeness (QED) is 0.731. The van der Waals surface area contributed by atoms with Gasteiger partial charge in [-0.2, -0.15) is 5.26 Å². The van der Waals surface area contributed by atoms with Crippen molar-refractivity contribution in [3.05, 3.63) is 35.9 Å². The third-order valence-corrected chi connectivity index (χ3v) is 5.16. The number of rotatable bonds is 5. The smallest absolute Gasteiger partial charge is 0.410 e. The van der Waals surface area contributed by atoms with Crippen LogP contribution in [0.5, 0.6) is 0 Å². The van der Waals surface area contributed by atoms with Gasteiger partial charge in [0.15, 0.2) is 0 Å². The number of ether oxygens (including phenoxy) is 2. The first-order valence-electron chi connectivity index (χ1n) is 10.3. The van der Waals surface area contributed by atoms with E-state index in [1.165, 1.54) is 0 Å². The molecule has 0 radical (unpaired) electrons. The molecule has 30 heavy (non-hydrogen) atoms. The van der Waals surface area contributed by atoms with Crippen LogP contribution in [0.25, 0.3) is 0 Å². The summed E-state index contributed by atoms with van der Waals surface area (Å²) in [6, 6.07) is 12.0. The van der Waals surface area contributed by atoms with Gasteiger partial charge in [0.1, 0.15) is 18.2 Å². The van der Waals surface area contributed by atoms with E-state index in [-0.39, 0.29) is 30.8 Å². The third kappa shape index (κ3) is 5.94. The van der Waals surface area contributed by atoms with Gasteiger partial charge in [0.05, 0.1) is 25.3 Å². The van der Waals surface area contributed by atoms with Crippen LogP contribution in [-0.4, -0.2) is 83.8 Å². The Balaban J connectivity index is 1.40. The second kappa shape index (κ2) is 9.45. The first-order valence-corrected chi connectivity index (χ1v) is 10.3. The zero-order valence-corrected chi connectivity index (χ0v) is 17.9. The molecule has 0 N–H and O–H groups in total. The summed E-state index contributed by atoms with van der Waals surface area (Å²) in [5.41, 5.74) is 0.624. The molecule has 2 aliphatic heterocycles. The normalized spacial score (nSPS) is 20.4. The van der Waals surface area contributed by atoms with Crippen LogP contribution < -0.4 is 0 Å². The van der Waals surface area contributed by atoms with E-state index in [1.54, 1.807) is 9.80 Å². The molecule has 0 spiro atoms. The van der Waals surface area contributed by atoms with Crippen molar-refractivity contribution in [2.24, 2.45) is 0 Å². The summed E-state index contributed by atoms with van der Waals surface area (Å²) in [4.78, 5) is 29.8. The molecule has 0 unspecified atom stereocenters. The van der Waals surface area contributed by atoms with Gasteiger partial charge in [0, 0.05) is 26.2 Å². The average molecular weight is 415 g/mol. The summed E-state index contributed by atoms with van der Waals surface area (Å²) in [6.45, 7) is 8.57. The molecule has 8 nitrogen and oxygen atoms in total. The number of piperazine rings is 1. The van der Waals surface area contributed by atoms with Crippen LogP contribution in [0.1, 0.15) is 26.3 Å². The summed E-state index contributed by atoms with van der Waals surface area (Å²) in [5.74, 6) is -0.120. The molecule has 0 aromatic heterocycles. The van der Waals surface area contributed by atoms with Crippen LogP contribution in [-0.2, 0) is 20.8 Å². The van der Waals surface area contributed by atoms with Crippen molar-refractivity contribution in [3.63, 3.8) is 0 Å². The minimum absolute atomic E-state index is 0.0380. The van der Waals surface area contributed by atoms with Crippen LogP contribution in [0.2, 0.25) is 0 Å². The Morgan fingerprint density at radius 1 is 1.10 bits per heavy atom. The lowest BCUT2D eigenvalue weighted by atomic mass is 10.1. The van der Waals surface area contributed by atoms with Crippen LogP contribution in [0.3, 0.4) is 0 Å². The molecular weight excluding hydrogens is 384 g/mol. The van der Waals surface area contributed by atoms with Gasteiger partial charge in [-0.1, -0.05) is 30.3 Å². The number of hydrogen-bond acceptors (Lipinski definition) is 6. The number of carbonyl (C=O) groups excluding carboxylic acids is 2. The van der Waals surface area contributed by atoms with E-state index in [9.17, 15) is 14.9 Å². The lowest BCUT2D eigenvalue weighted by molar-refractivity contribution is -0.144. The standard InChI is InChI=1S/C22H30N4O4/c1-22(2,3)30-21(28)26-14-19(15-26)29-16-20(27)25-10-9-24(18(11-23)13-25)12-17-7-5-4-6-8-17/h4-8,18-19H,9-10,12-16H2,1-3H3/t18-/m1/s1. The number of likely N-dealkylation sites (tertiary alicyclic amines) is 1. The minimum Gasteiger partial charge on any atom is -0.444 e. The Morgan fingerprint density at radius 2 is 1.80 bits per heavy atom. The maximum absolute atomic E-state index is 12.5. The van der Waals surface area contributed by atoms with E-state index >= 15 is 0 Å². The highest BCUT2D eigenvalue weighted by molar-refractivity contribution is 5.77. The molecule has 0 saturated carbocycles. The number of benzene rings is 1. The van der Waals surface area contributed by atoms with Gasteiger partial charge in [-0.05, 0) is 26.3 Å². The fourth-order valence-corrected chi connectivity index (χ4v) is 3.48. The Labute approximate surface area is 177 Å². The van der Waals surface area contributed by atoms with Crippen molar-refractivity contribution in [1.29, 1.82) is 5.26 Å². The maximum atomic E-state index is 12.5. The predicted octanol–water partition coefficient (Wildman–Crippen LogP) is 1.86. The molecular formula is C22H30N4O4. The first-order chi connectivity index (χ1) is 14.2. The van der Waals surface area contributed by atoms with Gasteiger partial charge in [0.2, 0.25) is 5.91 Å². The third-order valence-electron chi connectivity index (χ3n) is 5.16. The molecule has 8 heteroatoms. The number of nitrogens with zero attached hydrogens (tertiary/aromatic N) is 4. The Kier molecular flexibility index (Phi) is 6.95. The molecule has 1 aromatic carbocycles. The number of nitriles is 1. The molecule has 2 heterocycles. The van der Waals surface area contributed by atoms with Crippen LogP contribution in [0, 0.1) is 11.3 Å². The van der Waals surface area contributed by atoms with Crippen molar-refractivity contribution in [2.45, 2.75) is 45.1 Å². The second-order valence-electron chi connectivity index (χ2n) is 8.76. The molecule has 162 valence electrons. The summed E-state index contributed by atoms with van der Waals surface area (Å²) in [6.07, 6.45) is -0.521. The minimum atomic E-state index is -0.529. The van der Waals surface area contributed by atoms with E-state index < -0.39 is 5.60 Å². The van der Waals surface area contributed by atoms with Crippen molar-refractivity contribution >= 4 is 12.0 Å². The lowest BCUT2D eigenvalue weighted by Gasteiger charge is -2.40. The van der Waals surface area contributed by atoms with E-state index in [0.29, 0.717) is 39.3 Å². The van der Waals surface area contributed by atoms with Crippen LogP contribution >= 0.6 is 0 Å². The average Bonchev–Trinajstić information content (AvgIpc) is 2.66. The second-order valence-corrected chi connectivity index (χ2v) is 8.76. The summed E-state index contributed by atoms with van der Waals surface area (Å²) < 4.78 is 11.0. The monoisotopic (exact) mass is 414 g/mol. The van der Waals surface area contributed by atoms with Crippen molar-refractivity contribution in [3.8, 4) is 6.07 Å². The first kappa shape index (κ1) is 22.1. The van der Waals surface area contributed by atoms with Gasteiger partial charge in [-0.3, -0.25) is 9.69 Å². The van der Waals surface area contributed by atoms with E-state index in [1.807, 2.05) is 51.1 Å². The molecule has 2 saturated heterocycles. The fraction of sp³-hybridized carbons (Fsp3) is 0.591. The molecule has 0 bridgehead atoms. The Bertz CT molecular complexity index is 781. The topological polar surface area (TPSA) is 86.1 Å². The summed E-state index contributed by atoms with van der Waals surface area (Å²) in [7, 11) is 0. The lowest BCUT2D eigenvalue weighted by Crippen LogP contribution is -2.57. The number of amides is 2. The zero-order valence-electron chi connectivity index (χ0n) is 17.9. The van der Waals surface area contributed by atoms with Crippen molar-refractivity contribution in [2.75, 3.05) is 39.3 Å². The fourth-order valence-electron chi connectivity index (χ4n) is 3.48. The summed E-state index contributed by atoms with van der Waals surface area (Å²) in [5, 5.41) is 9.56. The molecule has 2 amide bonds. The SMILES string of the molecule is CC(C)(C)OC(=O)N1CC(OCC(=O)N2CCN(Cc3ccccc3)[C@H](C#N)C2)C1. The van der Waals surface area contributed by atoms with E-state index in [0.717, 1.165) is 5.56 Å². The van der Waals surface area contributed by atoms with Gasteiger partial charge in [0.25, 0.3) is 0 Å². The van der Waals surface area contributed by atoms with Crippen LogP contribution in [0.4, 0.5) is 4.79 Å². The van der Waals surface area contributed by atoms with Crippen LogP contribution in [0.15, 0.2) is 30.3 Å². The zero-order chi connectivity index (χ0) is 21.7. The molecule has 2 fully saturated rings. The van der Waals surface area contributed by atoms with Gasteiger partial charge in [-0.25, -0.2) is 4.79 Å². The molecule has 2 aliphatic rings. The van der Waals surface area contributed by atoms with Gasteiger partial charge in [-0.15, -0.1) is 0 Å². The highest BCUT2D eigenvalue weighted by Gasteiger charge is 2.35. The molecule has 3 rings (SSSR count). The maximum Gasteiger partial charge on any atom is 0.410 e. The van der Waals surface area contributed by atoms with Crippen molar-refractivity contribution in [1.82, 2.24) is 14.7 Å². The van der Waals surface area contributed by atoms with Gasteiger partial charge < -0.3 is 19.3 Å². The largest absolute Gasteiger partial charge is 0.444 e. The predicted molar refractivity (Wildman–Crippen MR) is 110 cm³/mol. The Morgan fingerprint density at radius 3 is 2.43 bits per heavy atom. The Hall–Kier alpha value is -2.63. The van der Waals surface area contributed by atoms with E-state index in [4.69, 9.17) is 9.47 Å². The highest BCUT2D eigenvalue weighted by atomic mass is 16.6. The van der Waals surface area contributed by atoms with Gasteiger partial charge >= 0.3 is 6.09 Å². The number of carbonyl (C=O) groups is 2. The van der Waals surface area contributed by atoms with E-state index in [2.05, 4.69) is 11.0 Å². The number of hydrogen-bond donors (Lipinski definition) is 0. The molecule has 1 aromatic rings. The molecule has 1 atom stereocenters. The van der Waals surface area contributed by atoms with Crippen molar-refractivity contribution < 1.29 is 19.1 Å². The molecule has 0 aliphatic carbocycles. The highest BCUT2D eigenvalue weighted by Crippen LogP contribution is 2.18. The summed E-state index contributed by atoms with van der Waals surface area (Å²) >= 11 is 0.